The lowest BCUT2D eigenvalue weighted by Gasteiger charge is -2.03. The number of aliphatic hydroxyl groups excluding tert-OH is 1. The van der Waals surface area contributed by atoms with E-state index >= 15 is 0 Å². The van der Waals surface area contributed by atoms with Crippen molar-refractivity contribution >= 4 is 22.6 Å². The number of rotatable bonds is 2. The summed E-state index contributed by atoms with van der Waals surface area (Å²) in [7, 11) is 0. The van der Waals surface area contributed by atoms with Gasteiger partial charge in [-0.2, -0.15) is 0 Å². The molecule has 0 aliphatic heterocycles. The molecule has 68 valence electrons. The van der Waals surface area contributed by atoms with Gasteiger partial charge >= 0.3 is 0 Å². The number of H-pyrrole nitrogens is 1. The van der Waals surface area contributed by atoms with Crippen LogP contribution in [0.1, 0.15) is 11.7 Å². The zero-order valence-corrected chi connectivity index (χ0v) is 7.62. The van der Waals surface area contributed by atoms with Crippen molar-refractivity contribution in [3.8, 4) is 0 Å². The van der Waals surface area contributed by atoms with Crippen molar-refractivity contribution in [2.45, 2.75) is 6.10 Å². The summed E-state index contributed by atoms with van der Waals surface area (Å²) < 4.78 is 0. The molecule has 0 fully saturated rings. The minimum absolute atomic E-state index is 0.196. The molecule has 0 aliphatic carbocycles. The monoisotopic (exact) mass is 196 g/mol. The molecular weight excluding hydrogens is 188 g/mol. The van der Waals surface area contributed by atoms with Gasteiger partial charge in [-0.3, -0.25) is 0 Å². The number of hydrogen-bond acceptors (Lipinski definition) is 2. The van der Waals surface area contributed by atoms with E-state index in [1.807, 2.05) is 12.1 Å². The minimum Gasteiger partial charge on any atom is -0.387 e. The molecule has 4 heteroatoms. The largest absolute Gasteiger partial charge is 0.387 e. The Morgan fingerprint density at radius 1 is 1.62 bits per heavy atom. The van der Waals surface area contributed by atoms with Gasteiger partial charge in [0.25, 0.3) is 0 Å². The zero-order chi connectivity index (χ0) is 9.26. The van der Waals surface area contributed by atoms with Crippen LogP contribution in [0.4, 0.5) is 0 Å². The standard InChI is InChI=1S/C9H9ClN2O/c10-4-8(13)7-5-12-9-6(7)2-1-3-11-9/h1-3,5,8,13H,4H2,(H,11,12)/t8-/m0/s1. The van der Waals surface area contributed by atoms with Crippen LogP contribution in [0.15, 0.2) is 24.5 Å². The first-order valence-corrected chi connectivity index (χ1v) is 4.52. The number of aliphatic hydroxyl groups is 1. The SMILES string of the molecule is O[C@@H](CCl)c1c[nH]c2ncccc12. The quantitative estimate of drug-likeness (QED) is 0.720. The fourth-order valence-electron chi connectivity index (χ4n) is 1.34. The lowest BCUT2D eigenvalue weighted by Crippen LogP contribution is -1.96. The molecule has 3 nitrogen and oxygen atoms in total. The third-order valence-corrected chi connectivity index (χ3v) is 2.28. The first-order chi connectivity index (χ1) is 6.33. The van der Waals surface area contributed by atoms with Gasteiger partial charge in [-0.15, -0.1) is 11.6 Å². The summed E-state index contributed by atoms with van der Waals surface area (Å²) in [5.41, 5.74) is 1.58. The molecule has 2 aromatic rings. The molecule has 0 spiro atoms. The van der Waals surface area contributed by atoms with Crippen molar-refractivity contribution in [1.29, 1.82) is 0 Å². The van der Waals surface area contributed by atoms with E-state index in [1.54, 1.807) is 12.4 Å². The Balaban J connectivity index is 2.57. The molecule has 1 atom stereocenters. The van der Waals surface area contributed by atoms with Crippen molar-refractivity contribution in [1.82, 2.24) is 9.97 Å². The number of pyridine rings is 1. The Kier molecular flexibility index (Phi) is 2.20. The third kappa shape index (κ3) is 1.41. The molecular formula is C9H9ClN2O. The highest BCUT2D eigenvalue weighted by atomic mass is 35.5. The van der Waals surface area contributed by atoms with Gasteiger partial charge in [0.1, 0.15) is 5.65 Å². The van der Waals surface area contributed by atoms with Gasteiger partial charge in [0, 0.05) is 23.3 Å². The molecule has 0 saturated carbocycles. The Morgan fingerprint density at radius 3 is 3.23 bits per heavy atom. The van der Waals surface area contributed by atoms with Crippen molar-refractivity contribution < 1.29 is 5.11 Å². The number of aromatic amines is 1. The maximum absolute atomic E-state index is 9.54. The number of hydrogen-bond donors (Lipinski definition) is 2. The molecule has 0 aromatic carbocycles. The van der Waals surface area contributed by atoms with Gasteiger partial charge in [0.2, 0.25) is 0 Å². The fraction of sp³-hybridized carbons (Fsp3) is 0.222. The van der Waals surface area contributed by atoms with Crippen molar-refractivity contribution in [2.75, 3.05) is 5.88 Å². The number of halogens is 1. The van der Waals surface area contributed by atoms with Crippen LogP contribution in [0.25, 0.3) is 11.0 Å². The van der Waals surface area contributed by atoms with Crippen LogP contribution in [0.2, 0.25) is 0 Å². The van der Waals surface area contributed by atoms with Crippen molar-refractivity contribution in [2.24, 2.45) is 0 Å². The van der Waals surface area contributed by atoms with E-state index < -0.39 is 6.10 Å². The Bertz CT molecular complexity index is 413. The van der Waals surface area contributed by atoms with Crippen molar-refractivity contribution in [3.63, 3.8) is 0 Å². The number of alkyl halides is 1. The fourth-order valence-corrected chi connectivity index (χ4v) is 1.50. The second-order valence-corrected chi connectivity index (χ2v) is 3.12. The third-order valence-electron chi connectivity index (χ3n) is 1.99. The van der Waals surface area contributed by atoms with E-state index in [4.69, 9.17) is 11.6 Å². The maximum atomic E-state index is 9.54. The Hall–Kier alpha value is -1.06. The highest BCUT2D eigenvalue weighted by molar-refractivity contribution is 6.18. The zero-order valence-electron chi connectivity index (χ0n) is 6.87. The molecule has 0 bridgehead atoms. The molecule has 0 unspecified atom stereocenters. The van der Waals surface area contributed by atoms with Crippen LogP contribution >= 0.6 is 11.6 Å². The first kappa shape index (κ1) is 8.53. The van der Waals surface area contributed by atoms with Gasteiger partial charge < -0.3 is 10.1 Å². The van der Waals surface area contributed by atoms with Crippen LogP contribution in [-0.4, -0.2) is 21.0 Å². The average molecular weight is 197 g/mol. The van der Waals surface area contributed by atoms with Gasteiger partial charge in [-0.25, -0.2) is 4.98 Å². The predicted octanol–water partition coefficient (Wildman–Crippen LogP) is 1.84. The van der Waals surface area contributed by atoms with E-state index in [9.17, 15) is 5.11 Å². The van der Waals surface area contributed by atoms with E-state index in [-0.39, 0.29) is 5.88 Å². The van der Waals surface area contributed by atoms with Crippen LogP contribution in [0, 0.1) is 0 Å². The average Bonchev–Trinajstić information content (AvgIpc) is 2.60. The lowest BCUT2D eigenvalue weighted by atomic mass is 10.1. The second kappa shape index (κ2) is 3.36. The minimum atomic E-state index is -0.625. The molecule has 0 saturated heterocycles. The summed E-state index contributed by atoms with van der Waals surface area (Å²) in [6, 6.07) is 3.74. The smallest absolute Gasteiger partial charge is 0.137 e. The molecule has 2 aromatic heterocycles. The van der Waals surface area contributed by atoms with Crippen LogP contribution < -0.4 is 0 Å². The molecule has 0 radical (unpaired) electrons. The Labute approximate surface area is 80.4 Å². The Morgan fingerprint density at radius 2 is 2.46 bits per heavy atom. The van der Waals surface area contributed by atoms with Gasteiger partial charge in [-0.1, -0.05) is 0 Å². The summed E-state index contributed by atoms with van der Waals surface area (Å²) in [6.45, 7) is 0. The predicted molar refractivity (Wildman–Crippen MR) is 51.8 cm³/mol. The topological polar surface area (TPSA) is 48.9 Å². The van der Waals surface area contributed by atoms with Gasteiger partial charge in [-0.05, 0) is 12.1 Å². The molecule has 0 amide bonds. The molecule has 0 aliphatic rings. The maximum Gasteiger partial charge on any atom is 0.137 e. The molecule has 13 heavy (non-hydrogen) atoms. The number of nitrogens with one attached hydrogen (secondary N) is 1. The van der Waals surface area contributed by atoms with Crippen LogP contribution in [0.3, 0.4) is 0 Å². The molecule has 2 rings (SSSR count). The van der Waals surface area contributed by atoms with Gasteiger partial charge in [0.05, 0.1) is 12.0 Å². The summed E-state index contributed by atoms with van der Waals surface area (Å²) in [4.78, 5) is 7.08. The van der Waals surface area contributed by atoms with E-state index in [0.717, 1.165) is 16.6 Å². The second-order valence-electron chi connectivity index (χ2n) is 2.81. The molecule has 2 heterocycles. The molecule has 2 N–H and O–H groups in total. The highest BCUT2D eigenvalue weighted by Crippen LogP contribution is 2.22. The van der Waals surface area contributed by atoms with Gasteiger partial charge in [0.15, 0.2) is 0 Å². The number of nitrogens with zero attached hydrogens (tertiary/aromatic N) is 1. The summed E-state index contributed by atoms with van der Waals surface area (Å²) in [5.74, 6) is 0.196. The van der Waals surface area contributed by atoms with E-state index in [2.05, 4.69) is 9.97 Å². The van der Waals surface area contributed by atoms with E-state index in [0.29, 0.717) is 0 Å². The lowest BCUT2D eigenvalue weighted by molar-refractivity contribution is 0.204. The summed E-state index contributed by atoms with van der Waals surface area (Å²) in [6.07, 6.45) is 2.82. The van der Waals surface area contributed by atoms with Crippen LogP contribution in [0.5, 0.6) is 0 Å². The number of fused-ring (bicyclic) bond motifs is 1. The normalized spacial score (nSPS) is 13.4. The van der Waals surface area contributed by atoms with Crippen LogP contribution in [-0.2, 0) is 0 Å². The number of aromatic nitrogens is 2. The van der Waals surface area contributed by atoms with Crippen molar-refractivity contribution in [3.05, 3.63) is 30.1 Å². The highest BCUT2D eigenvalue weighted by Gasteiger charge is 2.11. The summed E-state index contributed by atoms with van der Waals surface area (Å²) >= 11 is 5.56. The first-order valence-electron chi connectivity index (χ1n) is 3.99. The summed E-state index contributed by atoms with van der Waals surface area (Å²) in [5, 5.41) is 10.5. The van der Waals surface area contributed by atoms with E-state index in [1.165, 1.54) is 0 Å².